The molecule has 0 saturated heterocycles. The van der Waals surface area contributed by atoms with Gasteiger partial charge in [0, 0.05) is 26.1 Å². The Labute approximate surface area is 217 Å². The van der Waals surface area contributed by atoms with E-state index >= 15 is 0 Å². The Bertz CT molecular complexity index is 1140. The van der Waals surface area contributed by atoms with Crippen LogP contribution in [0.2, 0.25) is 5.02 Å². The molecule has 0 bridgehead atoms. The number of nitrogens with one attached hydrogen (secondary N) is 1. The molecule has 0 heterocycles. The van der Waals surface area contributed by atoms with Crippen LogP contribution in [0.15, 0.2) is 42.5 Å². The second-order valence-corrected chi connectivity index (χ2v) is 10.7. The molecule has 8 nitrogen and oxygen atoms in total. The Hall–Kier alpha value is -2.85. The van der Waals surface area contributed by atoms with Crippen molar-refractivity contribution in [1.82, 2.24) is 10.2 Å². The Morgan fingerprint density at radius 2 is 1.83 bits per heavy atom. The zero-order valence-electron chi connectivity index (χ0n) is 21.0. The van der Waals surface area contributed by atoms with E-state index in [2.05, 4.69) is 5.32 Å². The van der Waals surface area contributed by atoms with E-state index in [4.69, 9.17) is 16.3 Å². The Morgan fingerprint density at radius 1 is 1.17 bits per heavy atom. The third-order valence-electron chi connectivity index (χ3n) is 5.56. The predicted molar refractivity (Wildman–Crippen MR) is 139 cm³/mol. The lowest BCUT2D eigenvalue weighted by atomic mass is 10.1. The number of nitrogens with zero attached hydrogens (tertiary/aromatic N) is 2. The molecule has 0 aliphatic heterocycles. The molecule has 0 saturated carbocycles. The smallest absolute Gasteiger partial charge is 0.242 e. The minimum absolute atomic E-state index is 0.00248. The highest BCUT2D eigenvalue weighted by Gasteiger charge is 2.26. The van der Waals surface area contributed by atoms with E-state index in [1.54, 1.807) is 31.2 Å². The fraction of sp³-hybridized carbons (Fsp3) is 0.440. The molecule has 0 radical (unpaired) electrons. The Kier molecular flexibility index (Phi) is 11.0. The molecule has 0 aromatic heterocycles. The van der Waals surface area contributed by atoms with Crippen molar-refractivity contribution in [3.63, 3.8) is 0 Å². The van der Waals surface area contributed by atoms with Crippen molar-refractivity contribution in [1.29, 1.82) is 0 Å². The van der Waals surface area contributed by atoms with Gasteiger partial charge in [0.05, 0.1) is 24.1 Å². The normalized spacial score (nSPS) is 12.1. The summed E-state index contributed by atoms with van der Waals surface area (Å²) in [5.74, 6) is -0.599. The van der Waals surface area contributed by atoms with Crippen LogP contribution in [-0.2, 0) is 26.2 Å². The quantitative estimate of drug-likeness (QED) is 0.414. The van der Waals surface area contributed by atoms with Gasteiger partial charge in [0.1, 0.15) is 17.6 Å². The summed E-state index contributed by atoms with van der Waals surface area (Å²) >= 11 is 6.17. The van der Waals surface area contributed by atoms with Crippen LogP contribution in [-0.4, -0.2) is 57.6 Å². The maximum absolute atomic E-state index is 13.3. The van der Waals surface area contributed by atoms with Crippen molar-refractivity contribution in [3.8, 4) is 5.75 Å². The largest absolute Gasteiger partial charge is 0.495 e. The van der Waals surface area contributed by atoms with Gasteiger partial charge in [-0.1, -0.05) is 30.7 Å². The summed E-state index contributed by atoms with van der Waals surface area (Å²) in [6.45, 7) is 4.19. The molecule has 0 spiro atoms. The number of halogens is 2. The minimum atomic E-state index is -3.66. The molecule has 36 heavy (non-hydrogen) atoms. The summed E-state index contributed by atoms with van der Waals surface area (Å²) < 4.78 is 44.5. The van der Waals surface area contributed by atoms with Gasteiger partial charge in [-0.15, -0.1) is 0 Å². The highest BCUT2D eigenvalue weighted by atomic mass is 35.5. The van der Waals surface area contributed by atoms with Crippen LogP contribution in [0.3, 0.4) is 0 Å². The summed E-state index contributed by atoms with van der Waals surface area (Å²) in [7, 11) is -2.20. The predicted octanol–water partition coefficient (Wildman–Crippen LogP) is 3.98. The monoisotopic (exact) mass is 541 g/mol. The van der Waals surface area contributed by atoms with E-state index in [9.17, 15) is 22.4 Å². The highest BCUT2D eigenvalue weighted by Crippen LogP contribution is 2.30. The first-order valence-electron chi connectivity index (χ1n) is 11.6. The molecule has 0 fully saturated rings. The number of carbonyl (C=O) groups excluding carboxylic acids is 2. The van der Waals surface area contributed by atoms with Gasteiger partial charge in [0.2, 0.25) is 21.8 Å². The van der Waals surface area contributed by atoms with Crippen molar-refractivity contribution < 1.29 is 27.1 Å². The number of methoxy groups -OCH3 is 1. The molecule has 11 heteroatoms. The van der Waals surface area contributed by atoms with Crippen molar-refractivity contribution in [2.75, 3.05) is 30.8 Å². The molecule has 198 valence electrons. The second-order valence-electron chi connectivity index (χ2n) is 8.37. The molecule has 0 aliphatic carbocycles. The van der Waals surface area contributed by atoms with E-state index in [1.165, 1.54) is 34.5 Å². The zero-order chi connectivity index (χ0) is 26.9. The maximum Gasteiger partial charge on any atom is 0.242 e. The molecule has 2 amide bonds. The number of sulfonamides is 1. The molecule has 2 aromatic carbocycles. The van der Waals surface area contributed by atoms with Crippen molar-refractivity contribution >= 4 is 39.1 Å². The van der Waals surface area contributed by atoms with Gasteiger partial charge in [0.25, 0.3) is 0 Å². The first-order chi connectivity index (χ1) is 17.0. The molecule has 2 aromatic rings. The molecule has 0 aliphatic rings. The van der Waals surface area contributed by atoms with Crippen LogP contribution in [0.5, 0.6) is 5.75 Å². The van der Waals surface area contributed by atoms with Gasteiger partial charge in [-0.3, -0.25) is 13.9 Å². The van der Waals surface area contributed by atoms with Crippen LogP contribution in [0.25, 0.3) is 0 Å². The lowest BCUT2D eigenvalue weighted by Crippen LogP contribution is -2.47. The number of hydrogen-bond donors (Lipinski definition) is 1. The van der Waals surface area contributed by atoms with Crippen LogP contribution in [0, 0.1) is 5.82 Å². The number of hydrogen-bond acceptors (Lipinski definition) is 5. The average Bonchev–Trinajstić information content (AvgIpc) is 2.83. The van der Waals surface area contributed by atoms with Gasteiger partial charge >= 0.3 is 0 Å². The van der Waals surface area contributed by atoms with Crippen molar-refractivity contribution in [2.45, 2.75) is 45.7 Å². The number of ether oxygens (including phenoxy) is 1. The number of anilines is 1. The molecule has 0 unspecified atom stereocenters. The number of rotatable bonds is 13. The molecule has 1 atom stereocenters. The van der Waals surface area contributed by atoms with Crippen LogP contribution in [0.1, 0.15) is 38.7 Å². The summed E-state index contributed by atoms with van der Waals surface area (Å²) in [6.07, 6.45) is 2.04. The second kappa shape index (κ2) is 13.5. The van der Waals surface area contributed by atoms with Crippen LogP contribution in [0.4, 0.5) is 10.1 Å². The van der Waals surface area contributed by atoms with Gasteiger partial charge < -0.3 is 15.0 Å². The SMILES string of the molecule is CCCNC(=O)[C@H](C)N(Cc1ccc(F)cc1)C(=O)CCCN(c1ccc(OC)c(Cl)c1)S(C)(=O)=O. The van der Waals surface area contributed by atoms with Crippen molar-refractivity contribution in [3.05, 3.63) is 58.9 Å². The molecule has 2 rings (SSSR count). The third-order valence-corrected chi connectivity index (χ3v) is 7.05. The van der Waals surface area contributed by atoms with E-state index in [-0.39, 0.29) is 42.8 Å². The summed E-state index contributed by atoms with van der Waals surface area (Å²) in [4.78, 5) is 27.2. The average molecular weight is 542 g/mol. The standard InChI is InChI=1S/C25H33ClFN3O5S/c1-5-14-28-25(32)18(2)29(17-19-8-10-20(27)11-9-19)24(31)7-6-15-30(36(4,33)34)21-12-13-23(35-3)22(26)16-21/h8-13,16,18H,5-7,14-15,17H2,1-4H3,(H,28,32)/t18-/m0/s1. The minimum Gasteiger partial charge on any atom is -0.495 e. The summed E-state index contributed by atoms with van der Waals surface area (Å²) in [5.41, 5.74) is 1.02. The lowest BCUT2D eigenvalue weighted by Gasteiger charge is -2.29. The first kappa shape index (κ1) is 29.4. The maximum atomic E-state index is 13.3. The van der Waals surface area contributed by atoms with Crippen molar-refractivity contribution in [2.24, 2.45) is 0 Å². The van der Waals surface area contributed by atoms with E-state index < -0.39 is 21.9 Å². The van der Waals surface area contributed by atoms with Crippen LogP contribution < -0.4 is 14.4 Å². The highest BCUT2D eigenvalue weighted by molar-refractivity contribution is 7.92. The van der Waals surface area contributed by atoms with E-state index in [0.717, 1.165) is 12.7 Å². The topological polar surface area (TPSA) is 96.0 Å². The van der Waals surface area contributed by atoms with Gasteiger partial charge in [0.15, 0.2) is 0 Å². The van der Waals surface area contributed by atoms with E-state index in [1.807, 2.05) is 6.92 Å². The zero-order valence-corrected chi connectivity index (χ0v) is 22.5. The van der Waals surface area contributed by atoms with Gasteiger partial charge in [-0.25, -0.2) is 12.8 Å². The number of amides is 2. The molecule has 1 N–H and O–H groups in total. The van der Waals surface area contributed by atoms with Gasteiger partial charge in [-0.2, -0.15) is 0 Å². The summed E-state index contributed by atoms with van der Waals surface area (Å²) in [5, 5.41) is 3.05. The third kappa shape index (κ3) is 8.37. The van der Waals surface area contributed by atoms with E-state index in [0.29, 0.717) is 23.5 Å². The first-order valence-corrected chi connectivity index (χ1v) is 13.8. The molecular formula is C25H33ClFN3O5S. The Morgan fingerprint density at radius 3 is 2.39 bits per heavy atom. The fourth-order valence-corrected chi connectivity index (χ4v) is 4.79. The number of benzene rings is 2. The molecular weight excluding hydrogens is 509 g/mol. The number of carbonyl (C=O) groups is 2. The summed E-state index contributed by atoms with van der Waals surface area (Å²) in [6, 6.07) is 9.59. The Balaban J connectivity index is 2.17. The van der Waals surface area contributed by atoms with Crippen LogP contribution >= 0.6 is 11.6 Å². The van der Waals surface area contributed by atoms with Gasteiger partial charge in [-0.05, 0) is 55.7 Å². The fourth-order valence-electron chi connectivity index (χ4n) is 3.58. The lowest BCUT2D eigenvalue weighted by molar-refractivity contribution is -0.140.